The van der Waals surface area contributed by atoms with Gasteiger partial charge in [-0.15, -0.1) is 0 Å². The predicted molar refractivity (Wildman–Crippen MR) is 55.7 cm³/mol. The van der Waals surface area contributed by atoms with Crippen molar-refractivity contribution >= 4 is 11.9 Å². The standard InChI is InChI=1S/C10H7N3O4/c14-9(15)6-1-5(8-4-11-13-12-8)2-7(3-6)10(16)17/h1-4H,(H,14,15)(H,16,17)(H,11,12,13). The van der Waals surface area contributed by atoms with Crippen LogP contribution in [0.25, 0.3) is 11.3 Å². The molecule has 0 aliphatic heterocycles. The first-order valence-electron chi connectivity index (χ1n) is 4.56. The lowest BCUT2D eigenvalue weighted by Gasteiger charge is -2.02. The summed E-state index contributed by atoms with van der Waals surface area (Å²) in [4.78, 5) is 21.7. The number of carboxylic acids is 2. The van der Waals surface area contributed by atoms with Crippen LogP contribution >= 0.6 is 0 Å². The van der Waals surface area contributed by atoms with Gasteiger partial charge in [-0.2, -0.15) is 15.4 Å². The van der Waals surface area contributed by atoms with Gasteiger partial charge in [0.1, 0.15) is 5.69 Å². The van der Waals surface area contributed by atoms with E-state index in [9.17, 15) is 9.59 Å². The molecule has 7 nitrogen and oxygen atoms in total. The number of H-pyrrole nitrogens is 1. The van der Waals surface area contributed by atoms with E-state index in [4.69, 9.17) is 10.2 Å². The molecule has 0 aliphatic carbocycles. The summed E-state index contributed by atoms with van der Waals surface area (Å²) < 4.78 is 0. The monoisotopic (exact) mass is 233 g/mol. The average Bonchev–Trinajstić information content (AvgIpc) is 2.81. The number of carbonyl (C=O) groups is 2. The fourth-order valence-electron chi connectivity index (χ4n) is 1.36. The summed E-state index contributed by atoms with van der Waals surface area (Å²) in [7, 11) is 0. The van der Waals surface area contributed by atoms with Crippen molar-refractivity contribution in [2.75, 3.05) is 0 Å². The van der Waals surface area contributed by atoms with Crippen LogP contribution in [0, 0.1) is 0 Å². The number of carboxylic acid groups (broad SMARTS) is 2. The van der Waals surface area contributed by atoms with E-state index in [2.05, 4.69) is 15.4 Å². The van der Waals surface area contributed by atoms with E-state index in [0.29, 0.717) is 11.3 Å². The van der Waals surface area contributed by atoms with Gasteiger partial charge in [-0.1, -0.05) is 0 Å². The number of benzene rings is 1. The molecule has 17 heavy (non-hydrogen) atoms. The van der Waals surface area contributed by atoms with Crippen molar-refractivity contribution in [3.63, 3.8) is 0 Å². The van der Waals surface area contributed by atoms with E-state index >= 15 is 0 Å². The molecule has 0 amide bonds. The molecule has 1 aromatic heterocycles. The Bertz CT molecular complexity index is 545. The van der Waals surface area contributed by atoms with Crippen molar-refractivity contribution in [2.45, 2.75) is 0 Å². The Balaban J connectivity index is 2.60. The zero-order valence-corrected chi connectivity index (χ0v) is 8.41. The molecular formula is C10H7N3O4. The second-order valence-electron chi connectivity index (χ2n) is 3.26. The van der Waals surface area contributed by atoms with Crippen molar-refractivity contribution in [3.05, 3.63) is 35.5 Å². The maximum Gasteiger partial charge on any atom is 0.335 e. The summed E-state index contributed by atoms with van der Waals surface area (Å²) in [6.07, 6.45) is 1.38. The molecule has 0 saturated carbocycles. The van der Waals surface area contributed by atoms with Crippen molar-refractivity contribution in [3.8, 4) is 11.3 Å². The minimum absolute atomic E-state index is 0.108. The van der Waals surface area contributed by atoms with E-state index in [0.717, 1.165) is 6.07 Å². The maximum absolute atomic E-state index is 10.9. The van der Waals surface area contributed by atoms with Gasteiger partial charge in [0.15, 0.2) is 0 Å². The Morgan fingerprint density at radius 2 is 1.65 bits per heavy atom. The minimum atomic E-state index is -1.20. The Kier molecular flexibility index (Phi) is 2.57. The van der Waals surface area contributed by atoms with Crippen LogP contribution in [0.2, 0.25) is 0 Å². The fraction of sp³-hybridized carbons (Fsp3) is 0. The molecule has 0 radical (unpaired) electrons. The molecule has 0 spiro atoms. The van der Waals surface area contributed by atoms with E-state index in [-0.39, 0.29) is 11.1 Å². The Labute approximate surface area is 94.7 Å². The van der Waals surface area contributed by atoms with Gasteiger partial charge in [0.2, 0.25) is 0 Å². The third-order valence-electron chi connectivity index (χ3n) is 2.14. The summed E-state index contributed by atoms with van der Waals surface area (Å²) in [6, 6.07) is 3.77. The SMILES string of the molecule is O=C(O)c1cc(C(=O)O)cc(-c2cn[nH]n2)c1. The van der Waals surface area contributed by atoms with E-state index in [1.807, 2.05) is 0 Å². The molecule has 0 unspecified atom stereocenters. The molecule has 3 N–H and O–H groups in total. The molecule has 0 bridgehead atoms. The van der Waals surface area contributed by atoms with Crippen LogP contribution in [0.3, 0.4) is 0 Å². The second-order valence-corrected chi connectivity index (χ2v) is 3.26. The van der Waals surface area contributed by atoms with Crippen LogP contribution in [0.5, 0.6) is 0 Å². The van der Waals surface area contributed by atoms with Gasteiger partial charge in [-0.05, 0) is 18.2 Å². The van der Waals surface area contributed by atoms with Gasteiger partial charge in [0.25, 0.3) is 0 Å². The predicted octanol–water partition coefficient (Wildman–Crippen LogP) is 0.868. The highest BCUT2D eigenvalue weighted by Crippen LogP contribution is 2.20. The molecule has 0 fully saturated rings. The highest BCUT2D eigenvalue weighted by molar-refractivity contribution is 5.95. The highest BCUT2D eigenvalue weighted by Gasteiger charge is 2.13. The first-order valence-corrected chi connectivity index (χ1v) is 4.56. The first-order chi connectivity index (χ1) is 8.08. The lowest BCUT2D eigenvalue weighted by Crippen LogP contribution is -2.03. The van der Waals surface area contributed by atoms with Gasteiger partial charge in [0.05, 0.1) is 17.3 Å². The van der Waals surface area contributed by atoms with Gasteiger partial charge in [0, 0.05) is 5.56 Å². The summed E-state index contributed by atoms with van der Waals surface area (Å²) in [5, 5.41) is 27.5. The second kappa shape index (κ2) is 4.05. The summed E-state index contributed by atoms with van der Waals surface area (Å²) in [6.45, 7) is 0. The van der Waals surface area contributed by atoms with E-state index < -0.39 is 11.9 Å². The molecule has 1 aromatic carbocycles. The molecule has 86 valence electrons. The molecule has 7 heteroatoms. The number of rotatable bonds is 3. The quantitative estimate of drug-likeness (QED) is 0.724. The van der Waals surface area contributed by atoms with Crippen LogP contribution in [-0.2, 0) is 0 Å². The molecule has 0 saturated heterocycles. The number of nitrogens with one attached hydrogen (secondary N) is 1. The highest BCUT2D eigenvalue weighted by atomic mass is 16.4. The van der Waals surface area contributed by atoms with Gasteiger partial charge >= 0.3 is 11.9 Å². The number of nitrogens with zero attached hydrogens (tertiary/aromatic N) is 2. The average molecular weight is 233 g/mol. The minimum Gasteiger partial charge on any atom is -0.478 e. The molecule has 0 atom stereocenters. The van der Waals surface area contributed by atoms with Crippen molar-refractivity contribution < 1.29 is 19.8 Å². The fourth-order valence-corrected chi connectivity index (χ4v) is 1.36. The van der Waals surface area contributed by atoms with Gasteiger partial charge < -0.3 is 10.2 Å². The normalized spacial score (nSPS) is 10.1. The van der Waals surface area contributed by atoms with Crippen molar-refractivity contribution in [2.24, 2.45) is 0 Å². The van der Waals surface area contributed by atoms with Crippen LogP contribution in [0.1, 0.15) is 20.7 Å². The molecule has 2 rings (SSSR count). The van der Waals surface area contributed by atoms with Crippen LogP contribution in [0.4, 0.5) is 0 Å². The Morgan fingerprint density at radius 3 is 2.06 bits per heavy atom. The summed E-state index contributed by atoms with van der Waals surface area (Å²) >= 11 is 0. The number of aromatic amines is 1. The largest absolute Gasteiger partial charge is 0.478 e. The molecular weight excluding hydrogens is 226 g/mol. The van der Waals surface area contributed by atoms with Crippen LogP contribution in [-0.4, -0.2) is 37.6 Å². The zero-order valence-electron chi connectivity index (χ0n) is 8.41. The van der Waals surface area contributed by atoms with E-state index in [1.54, 1.807) is 0 Å². The third kappa shape index (κ3) is 2.12. The first kappa shape index (κ1) is 10.8. The number of aromatic nitrogens is 3. The lowest BCUT2D eigenvalue weighted by molar-refractivity contribution is 0.0696. The summed E-state index contributed by atoms with van der Waals surface area (Å²) in [5.41, 5.74) is 0.553. The van der Waals surface area contributed by atoms with Crippen molar-refractivity contribution in [1.29, 1.82) is 0 Å². The lowest BCUT2D eigenvalue weighted by atomic mass is 10.0. The number of hydrogen-bond acceptors (Lipinski definition) is 4. The Morgan fingerprint density at radius 1 is 1.06 bits per heavy atom. The maximum atomic E-state index is 10.9. The molecule has 0 aliphatic rings. The van der Waals surface area contributed by atoms with E-state index in [1.165, 1.54) is 18.3 Å². The zero-order chi connectivity index (χ0) is 12.4. The topological polar surface area (TPSA) is 116 Å². The Hall–Kier alpha value is -2.70. The smallest absolute Gasteiger partial charge is 0.335 e. The van der Waals surface area contributed by atoms with Gasteiger partial charge in [-0.3, -0.25) is 0 Å². The third-order valence-corrected chi connectivity index (χ3v) is 2.14. The van der Waals surface area contributed by atoms with Gasteiger partial charge in [-0.25, -0.2) is 9.59 Å². The van der Waals surface area contributed by atoms with Crippen LogP contribution < -0.4 is 0 Å². The number of aromatic carboxylic acids is 2. The van der Waals surface area contributed by atoms with Crippen molar-refractivity contribution in [1.82, 2.24) is 15.4 Å². The number of hydrogen-bond donors (Lipinski definition) is 3. The summed E-state index contributed by atoms with van der Waals surface area (Å²) in [5.74, 6) is -2.39. The van der Waals surface area contributed by atoms with Crippen LogP contribution in [0.15, 0.2) is 24.4 Å². The molecule has 2 aromatic rings. The molecule has 1 heterocycles.